The summed E-state index contributed by atoms with van der Waals surface area (Å²) in [6.07, 6.45) is 0.415. The minimum absolute atomic E-state index is 0.183. The van der Waals surface area contributed by atoms with Crippen LogP contribution in [0.5, 0.6) is 17.2 Å². The summed E-state index contributed by atoms with van der Waals surface area (Å²) in [6, 6.07) is 6.22. The lowest BCUT2D eigenvalue weighted by atomic mass is 10.1. The number of carbonyl (C=O) groups is 2. The van der Waals surface area contributed by atoms with Crippen LogP contribution in [0.25, 0.3) is 0 Å². The second-order valence-corrected chi connectivity index (χ2v) is 10.4. The number of benzene rings is 2. The molecule has 10 heteroatoms. The molecular formula is C18H15I4NO5. The molecule has 0 bridgehead atoms. The van der Waals surface area contributed by atoms with Crippen LogP contribution < -0.4 is 10.1 Å². The minimum atomic E-state index is -1.07. The van der Waals surface area contributed by atoms with E-state index in [4.69, 9.17) is 4.74 Å². The van der Waals surface area contributed by atoms with Gasteiger partial charge in [0.05, 0.1) is 14.3 Å². The largest absolute Gasteiger partial charge is 0.506 e. The second kappa shape index (κ2) is 10.8. The topological polar surface area (TPSA) is 95.9 Å². The maximum absolute atomic E-state index is 11.6. The monoisotopic (exact) mass is 833 g/mol. The third-order valence-electron chi connectivity index (χ3n) is 3.66. The molecule has 0 radical (unpaired) electrons. The highest BCUT2D eigenvalue weighted by Gasteiger charge is 2.21. The van der Waals surface area contributed by atoms with Crippen LogP contribution in [-0.2, 0) is 16.0 Å². The van der Waals surface area contributed by atoms with E-state index in [2.05, 4.69) is 50.5 Å². The van der Waals surface area contributed by atoms with Crippen molar-refractivity contribution >= 4 is 102 Å². The summed E-state index contributed by atoms with van der Waals surface area (Å²) in [5.41, 5.74) is 0.792. The fourth-order valence-electron chi connectivity index (χ4n) is 2.28. The fraction of sp³-hybridized carbons (Fsp3) is 0.222. The van der Waals surface area contributed by atoms with Gasteiger partial charge in [-0.25, -0.2) is 4.79 Å². The van der Waals surface area contributed by atoms with Crippen LogP contribution in [0, 0.1) is 14.3 Å². The highest BCUT2D eigenvalue weighted by atomic mass is 127. The summed E-state index contributed by atoms with van der Waals surface area (Å²) in [7, 11) is 0. The average Bonchev–Trinajstić information content (AvgIpc) is 2.61. The Morgan fingerprint density at radius 2 is 1.57 bits per heavy atom. The van der Waals surface area contributed by atoms with Crippen molar-refractivity contribution in [3.63, 3.8) is 0 Å². The Morgan fingerprint density at radius 3 is 2.04 bits per heavy atom. The van der Waals surface area contributed by atoms with Crippen molar-refractivity contribution in [2.24, 2.45) is 0 Å². The Morgan fingerprint density at radius 1 is 1.04 bits per heavy atom. The molecule has 28 heavy (non-hydrogen) atoms. The summed E-state index contributed by atoms with van der Waals surface area (Å²) in [5.74, 6) is 0.122. The van der Waals surface area contributed by atoms with Crippen molar-refractivity contribution in [2.75, 3.05) is 0 Å². The van der Waals surface area contributed by atoms with Gasteiger partial charge < -0.3 is 20.3 Å². The number of ether oxygens (including phenoxy) is 1. The number of phenolic OH excluding ortho intramolecular Hbond substituents is 1. The molecule has 2 aromatic rings. The molecule has 150 valence electrons. The highest BCUT2D eigenvalue weighted by molar-refractivity contribution is 14.1. The minimum Gasteiger partial charge on any atom is -0.506 e. The van der Waals surface area contributed by atoms with Gasteiger partial charge in [0.2, 0.25) is 5.91 Å². The molecule has 2 rings (SSSR count). The van der Waals surface area contributed by atoms with E-state index >= 15 is 0 Å². The van der Waals surface area contributed by atoms with Gasteiger partial charge in [0, 0.05) is 12.8 Å². The SMILES string of the molecule is CCC(=O)N[C@@H](Cc1cc(I)c(Oc2cc(I)c(O)c(I)c2)c(I)c1)C(=O)O. The number of carbonyl (C=O) groups excluding carboxylic acids is 1. The molecule has 0 heterocycles. The predicted molar refractivity (Wildman–Crippen MR) is 139 cm³/mol. The zero-order chi connectivity index (χ0) is 21.0. The third kappa shape index (κ3) is 6.45. The number of halogens is 4. The molecule has 0 aliphatic carbocycles. The first kappa shape index (κ1) is 24.2. The van der Waals surface area contributed by atoms with Crippen LogP contribution in [0.3, 0.4) is 0 Å². The van der Waals surface area contributed by atoms with E-state index in [9.17, 15) is 19.8 Å². The molecule has 2 aromatic carbocycles. The maximum Gasteiger partial charge on any atom is 0.326 e. The number of hydrogen-bond acceptors (Lipinski definition) is 4. The number of amides is 1. The van der Waals surface area contributed by atoms with Crippen molar-refractivity contribution in [1.82, 2.24) is 5.32 Å². The highest BCUT2D eigenvalue weighted by Crippen LogP contribution is 2.36. The lowest BCUT2D eigenvalue weighted by Gasteiger charge is -2.16. The molecule has 0 aromatic heterocycles. The lowest BCUT2D eigenvalue weighted by molar-refractivity contribution is -0.141. The van der Waals surface area contributed by atoms with Gasteiger partial charge in [-0.1, -0.05) is 6.92 Å². The number of nitrogens with one attached hydrogen (secondary N) is 1. The Kier molecular flexibility index (Phi) is 9.31. The maximum atomic E-state index is 11.6. The van der Waals surface area contributed by atoms with E-state index in [0.717, 1.165) is 12.7 Å². The molecule has 0 aliphatic rings. The van der Waals surface area contributed by atoms with Gasteiger partial charge in [-0.3, -0.25) is 4.79 Å². The molecule has 0 saturated heterocycles. The van der Waals surface area contributed by atoms with Gasteiger partial charge in [0.15, 0.2) is 5.75 Å². The Bertz CT molecular complexity index is 873. The number of aliphatic carboxylic acids is 1. The zero-order valence-corrected chi connectivity index (χ0v) is 23.1. The van der Waals surface area contributed by atoms with Gasteiger partial charge >= 0.3 is 5.97 Å². The first-order chi connectivity index (χ1) is 13.1. The normalized spacial score (nSPS) is 11.8. The summed E-state index contributed by atoms with van der Waals surface area (Å²) in [5, 5.41) is 21.8. The third-order valence-corrected chi connectivity index (χ3v) is 6.91. The van der Waals surface area contributed by atoms with Crippen LogP contribution in [0.2, 0.25) is 0 Å². The van der Waals surface area contributed by atoms with Gasteiger partial charge in [-0.15, -0.1) is 0 Å². The van der Waals surface area contributed by atoms with E-state index in [1.54, 1.807) is 19.1 Å². The number of hydrogen-bond donors (Lipinski definition) is 3. The molecule has 1 amide bonds. The smallest absolute Gasteiger partial charge is 0.326 e. The predicted octanol–water partition coefficient (Wildman–Crippen LogP) is 5.12. The molecule has 6 nitrogen and oxygen atoms in total. The first-order valence-electron chi connectivity index (χ1n) is 7.98. The van der Waals surface area contributed by atoms with Crippen molar-refractivity contribution in [2.45, 2.75) is 25.8 Å². The summed E-state index contributed by atoms with van der Waals surface area (Å²) >= 11 is 8.37. The number of aromatic hydroxyl groups is 1. The standard InChI is InChI=1S/C18H15I4NO5/c1-2-15(24)23-14(18(26)27)5-8-3-12(21)17(13(22)4-8)28-9-6-10(19)16(25)11(20)7-9/h3-4,6-7,14,25H,2,5H2,1H3,(H,23,24)(H,26,27)/t14-/m0/s1. The molecule has 0 fully saturated rings. The summed E-state index contributed by atoms with van der Waals surface area (Å²) < 4.78 is 9.05. The number of carboxylic acid groups (broad SMARTS) is 1. The number of rotatable bonds is 7. The van der Waals surface area contributed by atoms with Crippen LogP contribution >= 0.6 is 90.4 Å². The average molecular weight is 833 g/mol. The van der Waals surface area contributed by atoms with Gasteiger partial charge in [-0.05, 0) is 120 Å². The zero-order valence-electron chi connectivity index (χ0n) is 14.4. The summed E-state index contributed by atoms with van der Waals surface area (Å²) in [6.45, 7) is 1.68. The molecule has 0 spiro atoms. The lowest BCUT2D eigenvalue weighted by Crippen LogP contribution is -2.42. The summed E-state index contributed by atoms with van der Waals surface area (Å²) in [4.78, 5) is 23.0. The quantitative estimate of drug-likeness (QED) is 0.337. The number of carboxylic acids is 1. The van der Waals surface area contributed by atoms with Crippen molar-refractivity contribution in [1.29, 1.82) is 0 Å². The van der Waals surface area contributed by atoms with Crippen LogP contribution in [0.15, 0.2) is 24.3 Å². The Balaban J connectivity index is 2.27. The second-order valence-electron chi connectivity index (χ2n) is 5.74. The molecule has 0 saturated carbocycles. The molecule has 0 aliphatic heterocycles. The van der Waals surface area contributed by atoms with Crippen molar-refractivity contribution in [3.05, 3.63) is 44.1 Å². The van der Waals surface area contributed by atoms with Crippen LogP contribution in [0.1, 0.15) is 18.9 Å². The first-order valence-corrected chi connectivity index (χ1v) is 12.3. The van der Waals surface area contributed by atoms with Crippen LogP contribution in [0.4, 0.5) is 0 Å². The van der Waals surface area contributed by atoms with Gasteiger partial charge in [0.1, 0.15) is 17.5 Å². The Hall–Kier alpha value is -0.100. The molecule has 3 N–H and O–H groups in total. The van der Waals surface area contributed by atoms with E-state index in [1.807, 2.05) is 57.3 Å². The van der Waals surface area contributed by atoms with E-state index in [-0.39, 0.29) is 24.5 Å². The fourth-order valence-corrected chi connectivity index (χ4v) is 6.11. The molecular weight excluding hydrogens is 818 g/mol. The van der Waals surface area contributed by atoms with E-state index in [1.165, 1.54) is 0 Å². The van der Waals surface area contributed by atoms with Gasteiger partial charge in [-0.2, -0.15) is 0 Å². The Labute approximate surface area is 216 Å². The molecule has 1 atom stereocenters. The molecule has 0 unspecified atom stereocenters. The van der Waals surface area contributed by atoms with Crippen molar-refractivity contribution < 1.29 is 24.5 Å². The van der Waals surface area contributed by atoms with E-state index in [0.29, 0.717) is 18.6 Å². The van der Waals surface area contributed by atoms with Gasteiger partial charge in [0.25, 0.3) is 0 Å². The van der Waals surface area contributed by atoms with Crippen LogP contribution in [-0.4, -0.2) is 28.1 Å². The number of phenols is 1. The van der Waals surface area contributed by atoms with E-state index < -0.39 is 12.0 Å². The van der Waals surface area contributed by atoms with Crippen molar-refractivity contribution in [3.8, 4) is 17.2 Å².